The van der Waals surface area contributed by atoms with E-state index in [9.17, 15) is 18.7 Å². The van der Waals surface area contributed by atoms with E-state index < -0.39 is 30.1 Å². The van der Waals surface area contributed by atoms with Gasteiger partial charge in [-0.1, -0.05) is 12.1 Å². The van der Waals surface area contributed by atoms with Gasteiger partial charge in [0.25, 0.3) is 0 Å². The second-order valence-electron chi connectivity index (χ2n) is 4.65. The second kappa shape index (κ2) is 4.23. The number of carbonyl (C=O) groups is 1. The summed E-state index contributed by atoms with van der Waals surface area (Å²) in [5.41, 5.74) is -1.12. The van der Waals surface area contributed by atoms with Crippen molar-refractivity contribution >= 4 is 5.97 Å². The van der Waals surface area contributed by atoms with Gasteiger partial charge < -0.3 is 9.84 Å². The van der Waals surface area contributed by atoms with Gasteiger partial charge in [0.05, 0.1) is 12.5 Å². The molecule has 1 atom stereocenters. The van der Waals surface area contributed by atoms with Crippen molar-refractivity contribution < 1.29 is 23.4 Å². The Bertz CT molecular complexity index is 473. The topological polar surface area (TPSA) is 46.5 Å². The molecule has 0 aromatic heterocycles. The van der Waals surface area contributed by atoms with E-state index in [-0.39, 0.29) is 6.42 Å². The van der Waals surface area contributed by atoms with Gasteiger partial charge in [0.2, 0.25) is 5.92 Å². The first-order valence-corrected chi connectivity index (χ1v) is 5.65. The SMILES string of the molecule is COc1cccc(C2(C(=O)O)CCC(F)(F)C2)c1. The van der Waals surface area contributed by atoms with Crippen molar-refractivity contribution in [3.05, 3.63) is 29.8 Å². The molecule has 0 bridgehead atoms. The maximum atomic E-state index is 13.4. The Labute approximate surface area is 103 Å². The number of rotatable bonds is 3. The minimum Gasteiger partial charge on any atom is -0.497 e. The van der Waals surface area contributed by atoms with Crippen molar-refractivity contribution in [2.75, 3.05) is 7.11 Å². The summed E-state index contributed by atoms with van der Waals surface area (Å²) in [5.74, 6) is -3.64. The van der Waals surface area contributed by atoms with E-state index in [4.69, 9.17) is 4.74 Å². The zero-order valence-electron chi connectivity index (χ0n) is 9.95. The first-order valence-electron chi connectivity index (χ1n) is 5.65. The minimum atomic E-state index is -2.92. The first kappa shape index (κ1) is 12.8. The molecule has 1 aliphatic rings. The number of hydrogen-bond donors (Lipinski definition) is 1. The Morgan fingerprint density at radius 1 is 1.39 bits per heavy atom. The van der Waals surface area contributed by atoms with Gasteiger partial charge in [-0.25, -0.2) is 8.78 Å². The molecule has 1 unspecified atom stereocenters. The third-order valence-electron chi connectivity index (χ3n) is 3.51. The van der Waals surface area contributed by atoms with Gasteiger partial charge >= 0.3 is 5.97 Å². The van der Waals surface area contributed by atoms with E-state index >= 15 is 0 Å². The Balaban J connectivity index is 2.45. The number of carboxylic acids is 1. The van der Waals surface area contributed by atoms with Crippen molar-refractivity contribution in [3.63, 3.8) is 0 Å². The van der Waals surface area contributed by atoms with Crippen LogP contribution in [0.4, 0.5) is 8.78 Å². The summed E-state index contributed by atoms with van der Waals surface area (Å²) in [5, 5.41) is 9.34. The van der Waals surface area contributed by atoms with Crippen LogP contribution in [0, 0.1) is 0 Å². The molecule has 3 nitrogen and oxygen atoms in total. The number of methoxy groups -OCH3 is 1. The maximum Gasteiger partial charge on any atom is 0.314 e. The van der Waals surface area contributed by atoms with Crippen LogP contribution in [0.5, 0.6) is 5.75 Å². The molecule has 1 aromatic carbocycles. The van der Waals surface area contributed by atoms with E-state index in [1.54, 1.807) is 18.2 Å². The Kier molecular flexibility index (Phi) is 3.00. The molecule has 0 heterocycles. The first-order chi connectivity index (χ1) is 8.39. The Hall–Kier alpha value is -1.65. The summed E-state index contributed by atoms with van der Waals surface area (Å²) in [6, 6.07) is 6.37. The standard InChI is InChI=1S/C13H14F2O3/c1-18-10-4-2-3-9(7-10)12(11(16)17)5-6-13(14,15)8-12/h2-4,7H,5-6,8H2,1H3,(H,16,17). The van der Waals surface area contributed by atoms with Gasteiger partial charge in [0.1, 0.15) is 5.75 Å². The predicted octanol–water partition coefficient (Wildman–Crippen LogP) is 2.84. The van der Waals surface area contributed by atoms with Crippen LogP contribution < -0.4 is 4.74 Å². The van der Waals surface area contributed by atoms with Crippen LogP contribution in [0.1, 0.15) is 24.8 Å². The van der Waals surface area contributed by atoms with E-state index in [0.717, 1.165) is 0 Å². The Morgan fingerprint density at radius 3 is 2.61 bits per heavy atom. The number of carboxylic acid groups (broad SMARTS) is 1. The molecule has 0 amide bonds. The number of hydrogen-bond acceptors (Lipinski definition) is 2. The molecule has 1 N–H and O–H groups in total. The highest BCUT2D eigenvalue weighted by Gasteiger charge is 2.55. The highest BCUT2D eigenvalue weighted by Crippen LogP contribution is 2.49. The van der Waals surface area contributed by atoms with E-state index in [2.05, 4.69) is 0 Å². The fourth-order valence-corrected chi connectivity index (χ4v) is 2.49. The third kappa shape index (κ3) is 2.05. The van der Waals surface area contributed by atoms with Crippen molar-refractivity contribution in [2.24, 2.45) is 0 Å². The van der Waals surface area contributed by atoms with Crippen LogP contribution in [0.25, 0.3) is 0 Å². The molecular weight excluding hydrogens is 242 g/mol. The predicted molar refractivity (Wildman–Crippen MR) is 61.1 cm³/mol. The molecule has 18 heavy (non-hydrogen) atoms. The molecule has 5 heteroatoms. The summed E-state index contributed by atoms with van der Waals surface area (Å²) >= 11 is 0. The van der Waals surface area contributed by atoms with Gasteiger partial charge in [-0.3, -0.25) is 4.79 Å². The zero-order valence-corrected chi connectivity index (χ0v) is 9.95. The number of halogens is 2. The maximum absolute atomic E-state index is 13.4. The van der Waals surface area contributed by atoms with Gasteiger partial charge in [0, 0.05) is 12.8 Å². The van der Waals surface area contributed by atoms with Crippen molar-refractivity contribution in [1.29, 1.82) is 0 Å². The van der Waals surface area contributed by atoms with Crippen molar-refractivity contribution in [1.82, 2.24) is 0 Å². The van der Waals surface area contributed by atoms with Gasteiger partial charge in [-0.05, 0) is 24.1 Å². The summed E-state index contributed by atoms with van der Waals surface area (Å²) in [7, 11) is 1.45. The van der Waals surface area contributed by atoms with Crippen molar-refractivity contribution in [2.45, 2.75) is 30.6 Å². The third-order valence-corrected chi connectivity index (χ3v) is 3.51. The lowest BCUT2D eigenvalue weighted by molar-refractivity contribution is -0.144. The molecule has 1 aliphatic carbocycles. The van der Waals surface area contributed by atoms with E-state index in [1.807, 2.05) is 0 Å². The lowest BCUT2D eigenvalue weighted by atomic mass is 9.79. The van der Waals surface area contributed by atoms with Gasteiger partial charge in [-0.2, -0.15) is 0 Å². The van der Waals surface area contributed by atoms with E-state index in [0.29, 0.717) is 11.3 Å². The average molecular weight is 256 g/mol. The largest absolute Gasteiger partial charge is 0.497 e. The fourth-order valence-electron chi connectivity index (χ4n) is 2.49. The quantitative estimate of drug-likeness (QED) is 0.904. The number of aliphatic carboxylic acids is 1. The van der Waals surface area contributed by atoms with Crippen LogP contribution in [0.3, 0.4) is 0 Å². The molecule has 0 aliphatic heterocycles. The highest BCUT2D eigenvalue weighted by atomic mass is 19.3. The van der Waals surface area contributed by atoms with Crippen LogP contribution in [0.2, 0.25) is 0 Å². The molecular formula is C13H14F2O3. The van der Waals surface area contributed by atoms with Crippen molar-refractivity contribution in [3.8, 4) is 5.75 Å². The summed E-state index contributed by atoms with van der Waals surface area (Å²) in [6.45, 7) is 0. The fraction of sp³-hybridized carbons (Fsp3) is 0.462. The molecule has 98 valence electrons. The van der Waals surface area contributed by atoms with Crippen LogP contribution in [0.15, 0.2) is 24.3 Å². The lowest BCUT2D eigenvalue weighted by Gasteiger charge is -2.25. The molecule has 1 fully saturated rings. The minimum absolute atomic E-state index is 0.0531. The van der Waals surface area contributed by atoms with E-state index in [1.165, 1.54) is 13.2 Å². The number of alkyl halides is 2. The van der Waals surface area contributed by atoms with Crippen LogP contribution in [-0.4, -0.2) is 24.1 Å². The number of benzene rings is 1. The lowest BCUT2D eigenvalue weighted by Crippen LogP contribution is -2.34. The monoisotopic (exact) mass is 256 g/mol. The second-order valence-corrected chi connectivity index (χ2v) is 4.65. The average Bonchev–Trinajstić information content (AvgIpc) is 2.67. The summed E-state index contributed by atoms with van der Waals surface area (Å²) in [6.07, 6.45) is -1.10. The molecule has 2 rings (SSSR count). The summed E-state index contributed by atoms with van der Waals surface area (Å²) in [4.78, 5) is 11.4. The zero-order chi connectivity index (χ0) is 13.4. The molecule has 0 radical (unpaired) electrons. The number of ether oxygens (including phenoxy) is 1. The molecule has 1 aromatic rings. The molecule has 0 saturated heterocycles. The van der Waals surface area contributed by atoms with Gasteiger partial charge in [-0.15, -0.1) is 0 Å². The van der Waals surface area contributed by atoms with Crippen LogP contribution in [-0.2, 0) is 10.2 Å². The Morgan fingerprint density at radius 2 is 2.11 bits per heavy atom. The smallest absolute Gasteiger partial charge is 0.314 e. The summed E-state index contributed by atoms with van der Waals surface area (Å²) < 4.78 is 31.8. The highest BCUT2D eigenvalue weighted by molar-refractivity contribution is 5.82. The molecule has 0 spiro atoms. The van der Waals surface area contributed by atoms with Gasteiger partial charge in [0.15, 0.2) is 0 Å². The molecule has 1 saturated carbocycles. The normalized spacial score (nSPS) is 25.9. The van der Waals surface area contributed by atoms with Crippen LogP contribution >= 0.6 is 0 Å².